The van der Waals surface area contributed by atoms with Crippen molar-refractivity contribution in [2.45, 2.75) is 0 Å². The molecule has 3 N–H and O–H groups in total. The van der Waals surface area contributed by atoms with Crippen LogP contribution in [0.4, 0.5) is 0 Å². The summed E-state index contributed by atoms with van der Waals surface area (Å²) in [6, 6.07) is 7.51. The molecule has 0 unspecified atom stereocenters. The summed E-state index contributed by atoms with van der Waals surface area (Å²) in [4.78, 5) is 11.1. The quantitative estimate of drug-likeness (QED) is 0.779. The van der Waals surface area contributed by atoms with E-state index < -0.39 is 0 Å². The van der Waals surface area contributed by atoms with Crippen LogP contribution in [0.25, 0.3) is 0 Å². The molecular formula is C10H14ClIN2O2. The molecule has 0 atom stereocenters. The topological polar surface area (TPSA) is 64.3 Å². The molecule has 4 nitrogen and oxygen atoms in total. The van der Waals surface area contributed by atoms with Gasteiger partial charge in [0.1, 0.15) is 5.75 Å². The molecule has 16 heavy (non-hydrogen) atoms. The third-order valence-electron chi connectivity index (χ3n) is 1.65. The fourth-order valence-electron chi connectivity index (χ4n) is 0.942. The summed E-state index contributed by atoms with van der Waals surface area (Å²) in [5.41, 5.74) is 5.24. The van der Waals surface area contributed by atoms with Gasteiger partial charge in [-0.3, -0.25) is 4.79 Å². The van der Waals surface area contributed by atoms with Crippen LogP contribution in [0.5, 0.6) is 5.75 Å². The SMILES string of the molecule is Cl.NCCNC(=O)COc1ccc(I)cc1. The summed E-state index contributed by atoms with van der Waals surface area (Å²) in [5.74, 6) is 0.539. The zero-order valence-corrected chi connectivity index (χ0v) is 11.6. The number of hydrogen-bond acceptors (Lipinski definition) is 3. The highest BCUT2D eigenvalue weighted by Crippen LogP contribution is 2.12. The van der Waals surface area contributed by atoms with Crippen LogP contribution >= 0.6 is 35.0 Å². The molecule has 6 heteroatoms. The summed E-state index contributed by atoms with van der Waals surface area (Å²) in [6.07, 6.45) is 0. The summed E-state index contributed by atoms with van der Waals surface area (Å²) in [5, 5.41) is 2.62. The second kappa shape index (κ2) is 8.60. The lowest BCUT2D eigenvalue weighted by Crippen LogP contribution is -2.32. The van der Waals surface area contributed by atoms with E-state index in [1.165, 1.54) is 0 Å². The van der Waals surface area contributed by atoms with E-state index in [4.69, 9.17) is 10.5 Å². The Labute approximate surface area is 114 Å². The fraction of sp³-hybridized carbons (Fsp3) is 0.300. The van der Waals surface area contributed by atoms with Gasteiger partial charge in [0.25, 0.3) is 5.91 Å². The number of rotatable bonds is 5. The molecule has 0 aliphatic heterocycles. The maximum absolute atomic E-state index is 11.1. The molecule has 1 aromatic rings. The molecule has 1 aromatic carbocycles. The van der Waals surface area contributed by atoms with Gasteiger partial charge in [-0.1, -0.05) is 0 Å². The first-order chi connectivity index (χ1) is 7.22. The average Bonchev–Trinajstić information content (AvgIpc) is 2.25. The van der Waals surface area contributed by atoms with Gasteiger partial charge in [-0.2, -0.15) is 0 Å². The Hall–Kier alpha value is -0.530. The van der Waals surface area contributed by atoms with Crippen molar-refractivity contribution in [2.24, 2.45) is 5.73 Å². The monoisotopic (exact) mass is 356 g/mol. The van der Waals surface area contributed by atoms with Crippen molar-refractivity contribution >= 4 is 40.9 Å². The first kappa shape index (κ1) is 15.5. The number of nitrogens with one attached hydrogen (secondary N) is 1. The van der Waals surface area contributed by atoms with Gasteiger partial charge >= 0.3 is 0 Å². The first-order valence-corrected chi connectivity index (χ1v) is 5.65. The molecule has 90 valence electrons. The van der Waals surface area contributed by atoms with Gasteiger partial charge in [-0.15, -0.1) is 12.4 Å². The Kier molecular flexibility index (Phi) is 8.32. The van der Waals surface area contributed by atoms with Gasteiger partial charge in [0, 0.05) is 16.7 Å². The van der Waals surface area contributed by atoms with Gasteiger partial charge in [0.15, 0.2) is 6.61 Å². The summed E-state index contributed by atoms with van der Waals surface area (Å²) in [7, 11) is 0. The Morgan fingerprint density at radius 3 is 2.56 bits per heavy atom. The number of carbonyl (C=O) groups excluding carboxylic acids is 1. The van der Waals surface area contributed by atoms with Gasteiger partial charge in [-0.25, -0.2) is 0 Å². The second-order valence-corrected chi connectivity index (χ2v) is 4.13. The maximum atomic E-state index is 11.1. The van der Waals surface area contributed by atoms with E-state index in [-0.39, 0.29) is 24.9 Å². The fourth-order valence-corrected chi connectivity index (χ4v) is 1.30. The molecule has 0 radical (unpaired) electrons. The minimum atomic E-state index is -0.154. The number of benzene rings is 1. The predicted molar refractivity (Wildman–Crippen MR) is 74.0 cm³/mol. The lowest BCUT2D eigenvalue weighted by molar-refractivity contribution is -0.123. The summed E-state index contributed by atoms with van der Waals surface area (Å²) in [6.45, 7) is 0.949. The molecule has 0 fully saturated rings. The van der Waals surface area contributed by atoms with Crippen LogP contribution in [-0.4, -0.2) is 25.6 Å². The number of ether oxygens (including phenoxy) is 1. The zero-order valence-electron chi connectivity index (χ0n) is 8.61. The standard InChI is InChI=1S/C10H13IN2O2.ClH/c11-8-1-3-9(4-2-8)15-7-10(14)13-6-5-12;/h1-4H,5-7,12H2,(H,13,14);1H. The lowest BCUT2D eigenvalue weighted by Gasteiger charge is -2.06. The Morgan fingerprint density at radius 1 is 1.38 bits per heavy atom. The van der Waals surface area contributed by atoms with E-state index >= 15 is 0 Å². The van der Waals surface area contributed by atoms with Crippen LogP contribution in [0, 0.1) is 3.57 Å². The highest BCUT2D eigenvalue weighted by atomic mass is 127. The average molecular weight is 357 g/mol. The van der Waals surface area contributed by atoms with E-state index in [0.717, 1.165) is 3.57 Å². The van der Waals surface area contributed by atoms with Crippen LogP contribution in [-0.2, 0) is 4.79 Å². The van der Waals surface area contributed by atoms with Gasteiger partial charge < -0.3 is 15.8 Å². The maximum Gasteiger partial charge on any atom is 0.257 e. The lowest BCUT2D eigenvalue weighted by atomic mass is 10.3. The predicted octanol–water partition coefficient (Wildman–Crippen LogP) is 1.17. The second-order valence-electron chi connectivity index (χ2n) is 2.88. The van der Waals surface area contributed by atoms with E-state index in [2.05, 4.69) is 27.9 Å². The summed E-state index contributed by atoms with van der Waals surface area (Å²) < 4.78 is 6.40. The van der Waals surface area contributed by atoms with Crippen LogP contribution in [0.2, 0.25) is 0 Å². The highest BCUT2D eigenvalue weighted by Gasteiger charge is 2.00. The first-order valence-electron chi connectivity index (χ1n) is 4.57. The smallest absolute Gasteiger partial charge is 0.257 e. The Balaban J connectivity index is 0.00000225. The number of halogens is 2. The van der Waals surface area contributed by atoms with Gasteiger partial charge in [0.05, 0.1) is 0 Å². The van der Waals surface area contributed by atoms with Gasteiger partial charge in [-0.05, 0) is 46.9 Å². The Bertz CT molecular complexity index is 319. The molecule has 1 rings (SSSR count). The van der Waals surface area contributed by atoms with Crippen molar-refractivity contribution in [3.63, 3.8) is 0 Å². The van der Waals surface area contributed by atoms with Gasteiger partial charge in [0.2, 0.25) is 0 Å². The molecule has 0 heterocycles. The number of nitrogens with two attached hydrogens (primary N) is 1. The van der Waals surface area contributed by atoms with Crippen molar-refractivity contribution in [3.05, 3.63) is 27.8 Å². The molecule has 0 aliphatic rings. The van der Waals surface area contributed by atoms with Crippen LogP contribution in [0.1, 0.15) is 0 Å². The molecular weight excluding hydrogens is 342 g/mol. The molecule has 0 aliphatic carbocycles. The van der Waals surface area contributed by atoms with E-state index in [1.807, 2.05) is 24.3 Å². The largest absolute Gasteiger partial charge is 0.484 e. The minimum absolute atomic E-state index is 0. The van der Waals surface area contributed by atoms with Crippen molar-refractivity contribution in [2.75, 3.05) is 19.7 Å². The molecule has 0 aromatic heterocycles. The van der Waals surface area contributed by atoms with Crippen LogP contribution in [0.3, 0.4) is 0 Å². The van der Waals surface area contributed by atoms with Crippen LogP contribution in [0.15, 0.2) is 24.3 Å². The zero-order chi connectivity index (χ0) is 11.1. The molecule has 0 spiro atoms. The minimum Gasteiger partial charge on any atom is -0.484 e. The Morgan fingerprint density at radius 2 is 2.00 bits per heavy atom. The molecule has 0 bridgehead atoms. The van der Waals surface area contributed by atoms with Crippen molar-refractivity contribution in [3.8, 4) is 5.75 Å². The third kappa shape index (κ3) is 6.14. The number of amides is 1. The van der Waals surface area contributed by atoms with E-state index in [1.54, 1.807) is 0 Å². The van der Waals surface area contributed by atoms with E-state index in [0.29, 0.717) is 18.8 Å². The van der Waals surface area contributed by atoms with Crippen molar-refractivity contribution in [1.29, 1.82) is 0 Å². The van der Waals surface area contributed by atoms with Crippen LogP contribution < -0.4 is 15.8 Å². The molecule has 1 amide bonds. The number of carbonyl (C=O) groups is 1. The van der Waals surface area contributed by atoms with Crippen molar-refractivity contribution in [1.82, 2.24) is 5.32 Å². The normalized spacial score (nSPS) is 9.12. The number of hydrogen-bond donors (Lipinski definition) is 2. The molecule has 0 saturated heterocycles. The van der Waals surface area contributed by atoms with Crippen molar-refractivity contribution < 1.29 is 9.53 Å². The third-order valence-corrected chi connectivity index (χ3v) is 2.37. The summed E-state index contributed by atoms with van der Waals surface area (Å²) >= 11 is 2.21. The molecule has 0 saturated carbocycles. The van der Waals surface area contributed by atoms with E-state index in [9.17, 15) is 4.79 Å². The highest BCUT2D eigenvalue weighted by molar-refractivity contribution is 14.1.